The lowest BCUT2D eigenvalue weighted by molar-refractivity contribution is 0.474. The van der Waals surface area contributed by atoms with Crippen LogP contribution >= 0.6 is 0 Å². The third-order valence-corrected chi connectivity index (χ3v) is 3.75. The second kappa shape index (κ2) is 6.07. The fourth-order valence-electron chi connectivity index (χ4n) is 2.66. The summed E-state index contributed by atoms with van der Waals surface area (Å²) in [4.78, 5) is 0. The Bertz CT molecular complexity index is 550. The molecule has 2 aromatic rings. The van der Waals surface area contributed by atoms with E-state index in [0.717, 1.165) is 30.0 Å². The predicted octanol–water partition coefficient (Wildman–Crippen LogP) is 3.23. The van der Waals surface area contributed by atoms with E-state index in [1.54, 1.807) is 0 Å². The van der Waals surface area contributed by atoms with Gasteiger partial charge in [0.25, 0.3) is 0 Å². The largest absolute Gasteiger partial charge is 0.457 e. The molecule has 0 spiro atoms. The summed E-state index contributed by atoms with van der Waals surface area (Å²) in [7, 11) is 0. The van der Waals surface area contributed by atoms with Gasteiger partial charge in [-0.2, -0.15) is 0 Å². The molecule has 3 heteroatoms. The fraction of sp³-hybridized carbons (Fsp3) is 0.294. The van der Waals surface area contributed by atoms with Gasteiger partial charge in [0.2, 0.25) is 0 Å². The number of ether oxygens (including phenoxy) is 1. The summed E-state index contributed by atoms with van der Waals surface area (Å²) >= 11 is 0. The molecule has 1 heterocycles. The van der Waals surface area contributed by atoms with Gasteiger partial charge in [-0.25, -0.2) is 0 Å². The zero-order valence-corrected chi connectivity index (χ0v) is 11.5. The summed E-state index contributed by atoms with van der Waals surface area (Å²) in [5.74, 6) is 1.68. The summed E-state index contributed by atoms with van der Waals surface area (Å²) < 4.78 is 5.86. The van der Waals surface area contributed by atoms with Crippen LogP contribution in [0.4, 0.5) is 0 Å². The Morgan fingerprint density at radius 2 is 1.85 bits per heavy atom. The van der Waals surface area contributed by atoms with Crippen molar-refractivity contribution in [2.24, 2.45) is 5.73 Å². The Morgan fingerprint density at radius 3 is 2.60 bits per heavy atom. The van der Waals surface area contributed by atoms with Crippen molar-refractivity contribution in [3.8, 4) is 11.5 Å². The van der Waals surface area contributed by atoms with Gasteiger partial charge in [-0.1, -0.05) is 30.3 Å². The molecule has 0 aromatic heterocycles. The number of para-hydroxylation sites is 1. The molecule has 1 unspecified atom stereocenters. The molecule has 1 saturated heterocycles. The molecular weight excluding hydrogens is 248 g/mol. The molecule has 1 aliphatic rings. The molecule has 3 rings (SSSR count). The maximum absolute atomic E-state index is 6.34. The number of hydrogen-bond donors (Lipinski definition) is 2. The Kier molecular flexibility index (Phi) is 4.00. The van der Waals surface area contributed by atoms with Crippen molar-refractivity contribution >= 4 is 0 Å². The number of nitrogens with one attached hydrogen (secondary N) is 1. The molecule has 3 nitrogen and oxygen atoms in total. The summed E-state index contributed by atoms with van der Waals surface area (Å²) in [6.45, 7) is 1.07. The van der Waals surface area contributed by atoms with Gasteiger partial charge in [-0.15, -0.1) is 0 Å². The zero-order chi connectivity index (χ0) is 13.8. The second-order valence-corrected chi connectivity index (χ2v) is 5.22. The monoisotopic (exact) mass is 268 g/mol. The van der Waals surface area contributed by atoms with Crippen LogP contribution in [0.3, 0.4) is 0 Å². The predicted molar refractivity (Wildman–Crippen MR) is 80.9 cm³/mol. The lowest BCUT2D eigenvalue weighted by atomic mass is 9.99. The van der Waals surface area contributed by atoms with E-state index >= 15 is 0 Å². The molecule has 0 aliphatic carbocycles. The number of benzene rings is 2. The molecule has 0 radical (unpaired) electrons. The first-order valence-corrected chi connectivity index (χ1v) is 7.15. The first kappa shape index (κ1) is 13.2. The van der Waals surface area contributed by atoms with Crippen LogP contribution in [-0.2, 0) is 0 Å². The smallest absolute Gasteiger partial charge is 0.127 e. The molecule has 1 fully saturated rings. The van der Waals surface area contributed by atoms with Gasteiger partial charge < -0.3 is 15.8 Å². The van der Waals surface area contributed by atoms with Gasteiger partial charge in [0, 0.05) is 12.1 Å². The van der Waals surface area contributed by atoms with Crippen molar-refractivity contribution in [1.29, 1.82) is 0 Å². The number of rotatable bonds is 4. The van der Waals surface area contributed by atoms with Crippen molar-refractivity contribution in [1.82, 2.24) is 5.32 Å². The van der Waals surface area contributed by atoms with Gasteiger partial charge in [0.05, 0.1) is 0 Å². The van der Waals surface area contributed by atoms with Crippen LogP contribution in [-0.4, -0.2) is 12.6 Å². The average Bonchev–Trinajstić information content (AvgIpc) is 3.02. The Hall–Kier alpha value is -1.84. The summed E-state index contributed by atoms with van der Waals surface area (Å²) in [6, 6.07) is 18.3. The average molecular weight is 268 g/mol. The highest BCUT2D eigenvalue weighted by molar-refractivity contribution is 5.35. The van der Waals surface area contributed by atoms with Crippen LogP contribution in [0.15, 0.2) is 54.6 Å². The third-order valence-electron chi connectivity index (χ3n) is 3.75. The van der Waals surface area contributed by atoms with Crippen molar-refractivity contribution in [3.63, 3.8) is 0 Å². The highest BCUT2D eigenvalue weighted by Crippen LogP contribution is 2.26. The van der Waals surface area contributed by atoms with E-state index in [1.807, 2.05) is 48.5 Å². The lowest BCUT2D eigenvalue weighted by Crippen LogP contribution is -2.34. The molecule has 0 amide bonds. The van der Waals surface area contributed by atoms with E-state index in [1.165, 1.54) is 6.42 Å². The lowest BCUT2D eigenvalue weighted by Gasteiger charge is -2.20. The SMILES string of the molecule is NC(c1cccc(Oc2ccccc2)c1)[C@H]1CCCN1. The number of hydrogen-bond acceptors (Lipinski definition) is 3. The minimum absolute atomic E-state index is 0.0248. The molecule has 0 bridgehead atoms. The first-order chi connectivity index (χ1) is 9.83. The second-order valence-electron chi connectivity index (χ2n) is 5.22. The van der Waals surface area contributed by atoms with Crippen LogP contribution in [0.5, 0.6) is 11.5 Å². The van der Waals surface area contributed by atoms with E-state index in [4.69, 9.17) is 10.5 Å². The maximum atomic E-state index is 6.34. The Balaban J connectivity index is 1.75. The van der Waals surface area contributed by atoms with E-state index in [9.17, 15) is 0 Å². The minimum Gasteiger partial charge on any atom is -0.457 e. The molecule has 20 heavy (non-hydrogen) atoms. The van der Waals surface area contributed by atoms with Crippen LogP contribution < -0.4 is 15.8 Å². The minimum atomic E-state index is 0.0248. The third kappa shape index (κ3) is 3.00. The van der Waals surface area contributed by atoms with Gasteiger partial charge in [0.1, 0.15) is 11.5 Å². The summed E-state index contributed by atoms with van der Waals surface area (Å²) in [5, 5.41) is 3.46. The van der Waals surface area contributed by atoms with Crippen molar-refractivity contribution < 1.29 is 4.74 Å². The van der Waals surface area contributed by atoms with Crippen LogP contribution in [0.1, 0.15) is 24.4 Å². The molecule has 1 aliphatic heterocycles. The molecule has 104 valence electrons. The van der Waals surface area contributed by atoms with Crippen LogP contribution in [0.25, 0.3) is 0 Å². The van der Waals surface area contributed by atoms with Crippen molar-refractivity contribution in [3.05, 3.63) is 60.2 Å². The first-order valence-electron chi connectivity index (χ1n) is 7.15. The van der Waals surface area contributed by atoms with Gasteiger partial charge in [-0.05, 0) is 49.2 Å². The topological polar surface area (TPSA) is 47.3 Å². The van der Waals surface area contributed by atoms with Gasteiger partial charge in [-0.3, -0.25) is 0 Å². The van der Waals surface area contributed by atoms with E-state index < -0.39 is 0 Å². The molecule has 0 saturated carbocycles. The van der Waals surface area contributed by atoms with Crippen LogP contribution in [0.2, 0.25) is 0 Å². The van der Waals surface area contributed by atoms with Crippen molar-refractivity contribution in [2.45, 2.75) is 24.9 Å². The standard InChI is InChI=1S/C17H20N2O/c18-17(16-10-5-11-19-16)13-6-4-9-15(12-13)20-14-7-2-1-3-8-14/h1-4,6-9,12,16-17,19H,5,10-11,18H2/t16-,17?/m1/s1. The highest BCUT2D eigenvalue weighted by atomic mass is 16.5. The van der Waals surface area contributed by atoms with E-state index in [0.29, 0.717) is 6.04 Å². The molecule has 2 aromatic carbocycles. The Labute approximate surface area is 119 Å². The number of nitrogens with two attached hydrogens (primary N) is 1. The van der Waals surface area contributed by atoms with E-state index in [2.05, 4.69) is 11.4 Å². The molecule has 3 N–H and O–H groups in total. The summed E-state index contributed by atoms with van der Waals surface area (Å²) in [5.41, 5.74) is 7.47. The van der Waals surface area contributed by atoms with Gasteiger partial charge in [0.15, 0.2) is 0 Å². The van der Waals surface area contributed by atoms with Crippen LogP contribution in [0, 0.1) is 0 Å². The fourth-order valence-corrected chi connectivity index (χ4v) is 2.66. The molecule has 2 atom stereocenters. The zero-order valence-electron chi connectivity index (χ0n) is 11.5. The normalized spacial score (nSPS) is 19.8. The quantitative estimate of drug-likeness (QED) is 0.895. The van der Waals surface area contributed by atoms with E-state index in [-0.39, 0.29) is 6.04 Å². The molecular formula is C17H20N2O. The summed E-state index contributed by atoms with van der Waals surface area (Å²) in [6.07, 6.45) is 2.35. The highest BCUT2D eigenvalue weighted by Gasteiger charge is 2.22. The van der Waals surface area contributed by atoms with Gasteiger partial charge >= 0.3 is 0 Å². The Morgan fingerprint density at radius 1 is 1.05 bits per heavy atom. The maximum Gasteiger partial charge on any atom is 0.127 e. The van der Waals surface area contributed by atoms with Crippen molar-refractivity contribution in [2.75, 3.05) is 6.54 Å².